The van der Waals surface area contributed by atoms with Gasteiger partial charge in [-0.25, -0.2) is 8.78 Å². The van der Waals surface area contributed by atoms with Gasteiger partial charge in [0, 0.05) is 19.1 Å². The maximum atomic E-state index is 13.0. The Morgan fingerprint density at radius 1 is 1.24 bits per heavy atom. The Labute approximate surface area is 98.9 Å². The van der Waals surface area contributed by atoms with Gasteiger partial charge in [-0.2, -0.15) is 17.6 Å². The van der Waals surface area contributed by atoms with E-state index in [9.17, 15) is 31.1 Å². The SMILES string of the molecule is CC(=O)SCCC(F)(F)C(F)(F)C(F)C(C)F. The van der Waals surface area contributed by atoms with E-state index in [4.69, 9.17) is 0 Å². The number of hydrogen-bond acceptors (Lipinski definition) is 2. The minimum atomic E-state index is -5.08. The first-order valence-electron chi connectivity index (χ1n) is 4.69. The van der Waals surface area contributed by atoms with Crippen LogP contribution in [0.1, 0.15) is 20.3 Å². The van der Waals surface area contributed by atoms with Crippen LogP contribution in [0.3, 0.4) is 0 Å². The van der Waals surface area contributed by atoms with Crippen molar-refractivity contribution in [3.8, 4) is 0 Å². The van der Waals surface area contributed by atoms with E-state index in [1.807, 2.05) is 0 Å². The minimum absolute atomic E-state index is 0.426. The number of hydrogen-bond donors (Lipinski definition) is 0. The van der Waals surface area contributed by atoms with Crippen LogP contribution in [0.25, 0.3) is 0 Å². The summed E-state index contributed by atoms with van der Waals surface area (Å²) in [5.74, 6) is -10.3. The molecule has 0 spiro atoms. The molecule has 0 aliphatic heterocycles. The summed E-state index contributed by atoms with van der Waals surface area (Å²) in [7, 11) is 0. The number of thioether (sulfide) groups is 1. The molecule has 0 aromatic heterocycles. The van der Waals surface area contributed by atoms with Crippen LogP contribution in [0.2, 0.25) is 0 Å². The molecule has 0 rings (SSSR count). The molecule has 0 amide bonds. The lowest BCUT2D eigenvalue weighted by molar-refractivity contribution is -0.247. The molecule has 0 aromatic carbocycles. The Balaban J connectivity index is 4.60. The summed E-state index contributed by atoms with van der Waals surface area (Å²) in [5, 5.41) is -0.514. The topological polar surface area (TPSA) is 17.1 Å². The third-order valence-electron chi connectivity index (χ3n) is 1.96. The molecule has 17 heavy (non-hydrogen) atoms. The van der Waals surface area contributed by atoms with Crippen molar-refractivity contribution in [1.29, 1.82) is 0 Å². The van der Waals surface area contributed by atoms with Crippen molar-refractivity contribution in [3.63, 3.8) is 0 Å². The van der Waals surface area contributed by atoms with Gasteiger partial charge >= 0.3 is 11.8 Å². The van der Waals surface area contributed by atoms with Crippen LogP contribution in [0.4, 0.5) is 26.3 Å². The first kappa shape index (κ1) is 16.6. The average molecular weight is 282 g/mol. The highest BCUT2D eigenvalue weighted by molar-refractivity contribution is 8.13. The zero-order valence-electron chi connectivity index (χ0n) is 9.15. The zero-order chi connectivity index (χ0) is 13.9. The summed E-state index contributed by atoms with van der Waals surface area (Å²) >= 11 is 0.426. The Morgan fingerprint density at radius 2 is 1.71 bits per heavy atom. The van der Waals surface area contributed by atoms with E-state index in [0.717, 1.165) is 6.92 Å². The van der Waals surface area contributed by atoms with Gasteiger partial charge in [0.2, 0.25) is 6.17 Å². The van der Waals surface area contributed by atoms with Crippen LogP contribution in [0, 0.1) is 0 Å². The molecule has 0 aliphatic rings. The quantitative estimate of drug-likeness (QED) is 0.692. The van der Waals surface area contributed by atoms with Crippen LogP contribution in [0.15, 0.2) is 0 Å². The summed E-state index contributed by atoms with van der Waals surface area (Å²) in [6.45, 7) is 1.53. The van der Waals surface area contributed by atoms with E-state index in [1.54, 1.807) is 0 Å². The van der Waals surface area contributed by atoms with E-state index >= 15 is 0 Å². The number of carbonyl (C=O) groups excluding carboxylic acids is 1. The van der Waals surface area contributed by atoms with E-state index in [1.165, 1.54) is 0 Å². The monoisotopic (exact) mass is 282 g/mol. The molecule has 0 bridgehead atoms. The highest BCUT2D eigenvalue weighted by Gasteiger charge is 2.62. The maximum Gasteiger partial charge on any atom is 0.343 e. The minimum Gasteiger partial charge on any atom is -0.288 e. The molecule has 0 saturated heterocycles. The lowest BCUT2D eigenvalue weighted by atomic mass is 10.0. The van der Waals surface area contributed by atoms with Crippen molar-refractivity contribution in [2.45, 2.75) is 44.5 Å². The lowest BCUT2D eigenvalue weighted by Crippen LogP contribution is -2.51. The van der Waals surface area contributed by atoms with Crippen molar-refractivity contribution in [2.24, 2.45) is 0 Å². The van der Waals surface area contributed by atoms with Gasteiger partial charge in [0.1, 0.15) is 6.17 Å². The summed E-state index contributed by atoms with van der Waals surface area (Å²) in [4.78, 5) is 10.4. The molecule has 2 atom stereocenters. The molecular formula is C9H12F6OS. The first-order valence-corrected chi connectivity index (χ1v) is 5.68. The van der Waals surface area contributed by atoms with Crippen molar-refractivity contribution in [2.75, 3.05) is 5.75 Å². The van der Waals surface area contributed by atoms with Crippen LogP contribution in [0.5, 0.6) is 0 Å². The molecule has 0 saturated carbocycles. The molecule has 0 fully saturated rings. The van der Waals surface area contributed by atoms with Gasteiger partial charge in [-0.15, -0.1) is 0 Å². The molecule has 0 heterocycles. The van der Waals surface area contributed by atoms with Crippen molar-refractivity contribution in [1.82, 2.24) is 0 Å². The van der Waals surface area contributed by atoms with Crippen LogP contribution >= 0.6 is 11.8 Å². The van der Waals surface area contributed by atoms with Crippen LogP contribution in [-0.4, -0.2) is 35.1 Å². The number of alkyl halides is 6. The van der Waals surface area contributed by atoms with E-state index < -0.39 is 41.5 Å². The third-order valence-corrected chi connectivity index (χ3v) is 2.77. The number of carbonyl (C=O) groups is 1. The summed E-state index contributed by atoms with van der Waals surface area (Å²) in [6.07, 6.45) is -7.66. The fourth-order valence-corrected chi connectivity index (χ4v) is 1.63. The van der Waals surface area contributed by atoms with E-state index in [2.05, 4.69) is 0 Å². The second-order valence-corrected chi connectivity index (χ2v) is 4.77. The van der Waals surface area contributed by atoms with Gasteiger partial charge in [-0.05, 0) is 6.92 Å². The fourth-order valence-electron chi connectivity index (χ4n) is 0.980. The fraction of sp³-hybridized carbons (Fsp3) is 0.889. The summed E-state index contributed by atoms with van der Waals surface area (Å²) in [5.41, 5.74) is 0. The highest BCUT2D eigenvalue weighted by atomic mass is 32.2. The largest absolute Gasteiger partial charge is 0.343 e. The van der Waals surface area contributed by atoms with Crippen LogP contribution in [-0.2, 0) is 4.79 Å². The molecule has 102 valence electrons. The smallest absolute Gasteiger partial charge is 0.288 e. The third kappa shape index (κ3) is 4.40. The normalized spacial score (nSPS) is 16.7. The number of halogens is 6. The van der Waals surface area contributed by atoms with E-state index in [-0.39, 0.29) is 0 Å². The molecule has 0 aliphatic carbocycles. The molecule has 0 radical (unpaired) electrons. The standard InChI is InChI=1S/C9H12F6OS/c1-5(10)7(11)9(14,15)8(12,13)3-4-17-6(2)16/h5,7H,3-4H2,1-2H3. The van der Waals surface area contributed by atoms with Gasteiger partial charge < -0.3 is 0 Å². The second-order valence-electron chi connectivity index (χ2n) is 3.50. The zero-order valence-corrected chi connectivity index (χ0v) is 9.97. The average Bonchev–Trinajstić information content (AvgIpc) is 2.14. The van der Waals surface area contributed by atoms with E-state index in [0.29, 0.717) is 18.7 Å². The molecule has 1 nitrogen and oxygen atoms in total. The summed E-state index contributed by atoms with van der Waals surface area (Å²) in [6, 6.07) is 0. The van der Waals surface area contributed by atoms with Crippen LogP contribution < -0.4 is 0 Å². The highest BCUT2D eigenvalue weighted by Crippen LogP contribution is 2.42. The van der Waals surface area contributed by atoms with Gasteiger partial charge in [-0.1, -0.05) is 11.8 Å². The Hall–Kier alpha value is -0.400. The Morgan fingerprint density at radius 3 is 2.06 bits per heavy atom. The van der Waals surface area contributed by atoms with Crippen molar-refractivity contribution < 1.29 is 31.1 Å². The molecular weight excluding hydrogens is 270 g/mol. The first-order chi connectivity index (χ1) is 7.52. The molecule has 2 unspecified atom stereocenters. The second kappa shape index (κ2) is 5.97. The van der Waals surface area contributed by atoms with Crippen molar-refractivity contribution in [3.05, 3.63) is 0 Å². The summed E-state index contributed by atoms with van der Waals surface area (Å²) < 4.78 is 76.8. The predicted octanol–water partition coefficient (Wildman–Crippen LogP) is 3.62. The molecule has 8 heteroatoms. The van der Waals surface area contributed by atoms with Gasteiger partial charge in [0.05, 0.1) is 0 Å². The molecule has 0 aromatic rings. The lowest BCUT2D eigenvalue weighted by Gasteiger charge is -2.29. The number of rotatable bonds is 6. The molecule has 0 N–H and O–H groups in total. The van der Waals surface area contributed by atoms with Gasteiger partial charge in [-0.3, -0.25) is 4.79 Å². The van der Waals surface area contributed by atoms with Gasteiger partial charge in [0.25, 0.3) is 0 Å². The van der Waals surface area contributed by atoms with Crippen molar-refractivity contribution >= 4 is 16.9 Å². The van der Waals surface area contributed by atoms with Gasteiger partial charge in [0.15, 0.2) is 5.12 Å². The Kier molecular flexibility index (Phi) is 5.83. The predicted molar refractivity (Wildman–Crippen MR) is 53.1 cm³/mol. The maximum absolute atomic E-state index is 13.0. The Bertz CT molecular complexity index is 268.